The molecule has 3 heteroatoms. The van der Waals surface area contributed by atoms with Crippen molar-refractivity contribution < 1.29 is 0 Å². The Kier molecular flexibility index (Phi) is 6.13. The molecule has 19 heavy (non-hydrogen) atoms. The third kappa shape index (κ3) is 4.78. The Morgan fingerprint density at radius 3 is 2.32 bits per heavy atom. The number of rotatable bonds is 6. The van der Waals surface area contributed by atoms with Gasteiger partial charge in [-0.3, -0.25) is 0 Å². The van der Waals surface area contributed by atoms with Gasteiger partial charge in [0, 0.05) is 11.4 Å². The van der Waals surface area contributed by atoms with Crippen molar-refractivity contribution in [2.75, 3.05) is 0 Å². The van der Waals surface area contributed by atoms with Gasteiger partial charge in [0.2, 0.25) is 0 Å². The van der Waals surface area contributed by atoms with Crippen molar-refractivity contribution in [1.82, 2.24) is 0 Å². The van der Waals surface area contributed by atoms with Crippen LogP contribution in [0.1, 0.15) is 31.7 Å². The van der Waals surface area contributed by atoms with Crippen LogP contribution in [0.25, 0.3) is 0 Å². The first kappa shape index (κ1) is 15.3. The summed E-state index contributed by atoms with van der Waals surface area (Å²) in [5, 5.41) is 19.3. The first-order valence-corrected chi connectivity index (χ1v) is 6.75. The van der Waals surface area contributed by atoms with E-state index in [9.17, 15) is 10.5 Å². The average Bonchev–Trinajstić information content (AvgIpc) is 2.45. The first-order valence-electron chi connectivity index (χ1n) is 6.38. The molecule has 0 fully saturated rings. The van der Waals surface area contributed by atoms with Crippen LogP contribution in [-0.2, 0) is 6.42 Å². The second-order valence-electron chi connectivity index (χ2n) is 4.53. The molecule has 0 bridgehead atoms. The summed E-state index contributed by atoms with van der Waals surface area (Å²) in [5.74, 6) is 0. The van der Waals surface area contributed by atoms with Gasteiger partial charge in [-0.25, -0.2) is 0 Å². The van der Waals surface area contributed by atoms with Crippen molar-refractivity contribution in [2.45, 2.75) is 32.6 Å². The largest absolute Gasteiger partial charge is 0.197 e. The summed E-state index contributed by atoms with van der Waals surface area (Å²) in [6, 6.07) is 11.7. The third-order valence-electron chi connectivity index (χ3n) is 2.99. The zero-order chi connectivity index (χ0) is 14.1. The number of halogens is 1. The maximum Gasteiger partial charge on any atom is 0.148 e. The minimum Gasteiger partial charge on any atom is -0.197 e. The van der Waals surface area contributed by atoms with Crippen molar-refractivity contribution in [3.05, 3.63) is 47.0 Å². The smallest absolute Gasteiger partial charge is 0.148 e. The van der Waals surface area contributed by atoms with Gasteiger partial charge in [-0.1, -0.05) is 42.8 Å². The molecule has 0 unspecified atom stereocenters. The fourth-order valence-electron chi connectivity index (χ4n) is 1.87. The second kappa shape index (κ2) is 7.62. The van der Waals surface area contributed by atoms with E-state index in [4.69, 9.17) is 11.6 Å². The molecule has 2 nitrogen and oxygen atoms in total. The number of benzene rings is 1. The third-order valence-corrected chi connectivity index (χ3v) is 3.24. The standard InChI is InChI=1S/C16H17ClN2/c1-2-3-4-5-10-16(12-18,13-19)11-14-6-8-15(17)9-7-14/h3-4,6-9H,2,5,10-11H2,1H3. The Bertz CT molecular complexity index is 489. The fraction of sp³-hybridized carbons (Fsp3) is 0.375. The SMILES string of the molecule is CCC=CCCC(C#N)(C#N)Cc1ccc(Cl)cc1. The Labute approximate surface area is 119 Å². The lowest BCUT2D eigenvalue weighted by Crippen LogP contribution is -2.19. The van der Waals surface area contributed by atoms with E-state index in [1.165, 1.54) is 0 Å². The number of nitriles is 2. The fourth-order valence-corrected chi connectivity index (χ4v) is 2.00. The molecule has 0 heterocycles. The van der Waals surface area contributed by atoms with E-state index in [2.05, 4.69) is 25.1 Å². The molecule has 0 aromatic heterocycles. The van der Waals surface area contributed by atoms with E-state index in [-0.39, 0.29) is 0 Å². The van der Waals surface area contributed by atoms with Crippen LogP contribution in [0.2, 0.25) is 5.02 Å². The average molecular weight is 273 g/mol. The summed E-state index contributed by atoms with van der Waals surface area (Å²) in [7, 11) is 0. The lowest BCUT2D eigenvalue weighted by atomic mass is 9.80. The first-order chi connectivity index (χ1) is 9.15. The van der Waals surface area contributed by atoms with Crippen LogP contribution in [0, 0.1) is 28.1 Å². The summed E-state index contributed by atoms with van der Waals surface area (Å²) < 4.78 is 0. The molecule has 1 aromatic carbocycles. The van der Waals surface area contributed by atoms with Gasteiger partial charge in [-0.2, -0.15) is 10.5 Å². The number of hydrogen-bond donors (Lipinski definition) is 0. The molecular weight excluding hydrogens is 256 g/mol. The Morgan fingerprint density at radius 1 is 1.16 bits per heavy atom. The molecule has 0 spiro atoms. The van der Waals surface area contributed by atoms with E-state index in [1.807, 2.05) is 18.2 Å². The minimum absolute atomic E-state index is 0.442. The molecule has 0 radical (unpaired) electrons. The monoisotopic (exact) mass is 272 g/mol. The summed E-state index contributed by atoms with van der Waals surface area (Å²) in [6.45, 7) is 2.06. The topological polar surface area (TPSA) is 47.6 Å². The van der Waals surface area contributed by atoms with Gasteiger partial charge in [-0.15, -0.1) is 0 Å². The number of allylic oxidation sites excluding steroid dienone is 2. The molecule has 0 N–H and O–H groups in total. The molecular formula is C16H17ClN2. The maximum absolute atomic E-state index is 9.33. The van der Waals surface area contributed by atoms with Crippen LogP contribution in [0.4, 0.5) is 0 Å². The number of hydrogen-bond acceptors (Lipinski definition) is 2. The zero-order valence-corrected chi connectivity index (χ0v) is 11.8. The highest BCUT2D eigenvalue weighted by Gasteiger charge is 2.29. The van der Waals surface area contributed by atoms with Crippen molar-refractivity contribution in [1.29, 1.82) is 10.5 Å². The van der Waals surface area contributed by atoms with Crippen LogP contribution in [-0.4, -0.2) is 0 Å². The van der Waals surface area contributed by atoms with Crippen molar-refractivity contribution in [3.63, 3.8) is 0 Å². The molecule has 1 aromatic rings. The summed E-state index contributed by atoms with van der Waals surface area (Å²) >= 11 is 5.83. The summed E-state index contributed by atoms with van der Waals surface area (Å²) in [5.41, 5.74) is 0.0123. The van der Waals surface area contributed by atoms with Gasteiger partial charge in [0.15, 0.2) is 0 Å². The quantitative estimate of drug-likeness (QED) is 0.707. The van der Waals surface area contributed by atoms with Crippen molar-refractivity contribution in [3.8, 4) is 12.1 Å². The predicted molar refractivity (Wildman–Crippen MR) is 77.5 cm³/mol. The van der Waals surface area contributed by atoms with E-state index in [0.717, 1.165) is 18.4 Å². The lowest BCUT2D eigenvalue weighted by Gasteiger charge is -2.17. The molecule has 0 aliphatic heterocycles. The molecule has 0 saturated carbocycles. The molecule has 1 rings (SSSR count). The van der Waals surface area contributed by atoms with Gasteiger partial charge in [0.1, 0.15) is 5.41 Å². The molecule has 0 aliphatic rings. The Balaban J connectivity index is 2.77. The Hall–Kier alpha value is -1.77. The van der Waals surface area contributed by atoms with Crippen LogP contribution in [0.15, 0.2) is 36.4 Å². The van der Waals surface area contributed by atoms with E-state index in [0.29, 0.717) is 17.9 Å². The highest BCUT2D eigenvalue weighted by Crippen LogP contribution is 2.28. The molecule has 0 amide bonds. The summed E-state index contributed by atoms with van der Waals surface area (Å²) in [6.07, 6.45) is 6.81. The van der Waals surface area contributed by atoms with Gasteiger partial charge in [-0.05, 0) is 37.0 Å². The predicted octanol–water partition coefficient (Wildman–Crippen LogP) is 4.66. The van der Waals surface area contributed by atoms with Crippen molar-refractivity contribution in [2.24, 2.45) is 5.41 Å². The minimum atomic E-state index is -0.952. The van der Waals surface area contributed by atoms with E-state index in [1.54, 1.807) is 12.1 Å². The van der Waals surface area contributed by atoms with Crippen molar-refractivity contribution >= 4 is 11.6 Å². The van der Waals surface area contributed by atoms with Crippen LogP contribution in [0.3, 0.4) is 0 Å². The van der Waals surface area contributed by atoms with E-state index < -0.39 is 5.41 Å². The molecule has 0 atom stereocenters. The highest BCUT2D eigenvalue weighted by molar-refractivity contribution is 6.30. The van der Waals surface area contributed by atoms with Crippen LogP contribution in [0.5, 0.6) is 0 Å². The van der Waals surface area contributed by atoms with Gasteiger partial charge >= 0.3 is 0 Å². The van der Waals surface area contributed by atoms with Gasteiger partial charge in [0.05, 0.1) is 12.1 Å². The van der Waals surface area contributed by atoms with Gasteiger partial charge in [0.25, 0.3) is 0 Å². The zero-order valence-electron chi connectivity index (χ0n) is 11.1. The van der Waals surface area contributed by atoms with Crippen LogP contribution < -0.4 is 0 Å². The van der Waals surface area contributed by atoms with Gasteiger partial charge < -0.3 is 0 Å². The normalized spacial score (nSPS) is 11.2. The molecule has 0 saturated heterocycles. The second-order valence-corrected chi connectivity index (χ2v) is 4.96. The number of nitrogens with zero attached hydrogens (tertiary/aromatic N) is 2. The van der Waals surface area contributed by atoms with E-state index >= 15 is 0 Å². The lowest BCUT2D eigenvalue weighted by molar-refractivity contribution is 0.478. The maximum atomic E-state index is 9.33. The molecule has 0 aliphatic carbocycles. The Morgan fingerprint density at radius 2 is 1.79 bits per heavy atom. The molecule has 98 valence electrons. The summed E-state index contributed by atoms with van der Waals surface area (Å²) in [4.78, 5) is 0. The highest BCUT2D eigenvalue weighted by atomic mass is 35.5. The van der Waals surface area contributed by atoms with Crippen LogP contribution >= 0.6 is 11.6 Å².